The second-order valence-corrected chi connectivity index (χ2v) is 4.47. The number of rotatable bonds is 4. The molecule has 2 aromatic carbocycles. The van der Waals surface area contributed by atoms with Gasteiger partial charge in [-0.15, -0.1) is 0 Å². The molecule has 0 aliphatic carbocycles. The molecule has 0 saturated carbocycles. The van der Waals surface area contributed by atoms with Crippen LogP contribution in [0.4, 0.5) is 15.8 Å². The lowest BCUT2D eigenvalue weighted by Gasteiger charge is -2.11. The Morgan fingerprint density at radius 2 is 2.11 bits per heavy atom. The molecule has 2 aromatic rings. The van der Waals surface area contributed by atoms with Crippen molar-refractivity contribution < 1.29 is 9.13 Å². The van der Waals surface area contributed by atoms with Crippen LogP contribution in [0, 0.1) is 5.82 Å². The normalized spacial score (nSPS) is 10.3. The summed E-state index contributed by atoms with van der Waals surface area (Å²) in [5.41, 5.74) is 7.71. The summed E-state index contributed by atoms with van der Waals surface area (Å²) < 4.78 is 18.5. The molecule has 0 spiro atoms. The Kier molecular flexibility index (Phi) is 4.12. The van der Waals surface area contributed by atoms with Crippen molar-refractivity contribution in [3.05, 3.63) is 52.8 Å². The molecule has 3 N–H and O–H groups in total. The summed E-state index contributed by atoms with van der Waals surface area (Å²) in [5.74, 6) is 0.276. The molecule has 100 valence electrons. The smallest absolute Gasteiger partial charge is 0.143 e. The van der Waals surface area contributed by atoms with E-state index in [4.69, 9.17) is 22.1 Å². The van der Waals surface area contributed by atoms with E-state index in [9.17, 15) is 4.39 Å². The van der Waals surface area contributed by atoms with Crippen LogP contribution in [0.3, 0.4) is 0 Å². The number of halogens is 2. The zero-order chi connectivity index (χ0) is 13.8. The van der Waals surface area contributed by atoms with Crippen molar-refractivity contribution in [1.82, 2.24) is 0 Å². The minimum Gasteiger partial charge on any atom is -0.497 e. The standard InChI is InChI=1S/C14H14ClFN2O/c1-19-10-4-2-3-9(5-10)8-18-14-7-12(16)11(15)6-13(14)17/h2-7,18H,8,17H2,1H3. The van der Waals surface area contributed by atoms with Crippen LogP contribution in [0.25, 0.3) is 0 Å². The van der Waals surface area contributed by atoms with E-state index in [2.05, 4.69) is 5.32 Å². The van der Waals surface area contributed by atoms with E-state index in [1.165, 1.54) is 12.1 Å². The molecule has 19 heavy (non-hydrogen) atoms. The maximum atomic E-state index is 13.4. The second kappa shape index (κ2) is 5.80. The van der Waals surface area contributed by atoms with Crippen LogP contribution in [0.5, 0.6) is 5.75 Å². The van der Waals surface area contributed by atoms with Gasteiger partial charge < -0.3 is 15.8 Å². The van der Waals surface area contributed by atoms with Gasteiger partial charge in [-0.3, -0.25) is 0 Å². The fourth-order valence-electron chi connectivity index (χ4n) is 1.70. The third-order valence-corrected chi connectivity index (χ3v) is 3.00. The summed E-state index contributed by atoms with van der Waals surface area (Å²) in [7, 11) is 1.61. The lowest BCUT2D eigenvalue weighted by Crippen LogP contribution is -2.03. The molecule has 0 fully saturated rings. The molecular formula is C14H14ClFN2O. The average molecular weight is 281 g/mol. The third kappa shape index (κ3) is 3.29. The third-order valence-electron chi connectivity index (χ3n) is 2.71. The van der Waals surface area contributed by atoms with E-state index >= 15 is 0 Å². The van der Waals surface area contributed by atoms with Crippen LogP contribution in [-0.2, 0) is 6.54 Å². The number of hydrogen-bond acceptors (Lipinski definition) is 3. The van der Waals surface area contributed by atoms with E-state index in [0.717, 1.165) is 11.3 Å². The van der Waals surface area contributed by atoms with Crippen molar-refractivity contribution in [2.75, 3.05) is 18.2 Å². The molecule has 0 unspecified atom stereocenters. The average Bonchev–Trinajstić information content (AvgIpc) is 2.41. The van der Waals surface area contributed by atoms with Crippen LogP contribution in [-0.4, -0.2) is 7.11 Å². The van der Waals surface area contributed by atoms with E-state index in [-0.39, 0.29) is 5.02 Å². The first-order valence-corrected chi connectivity index (χ1v) is 6.09. The number of nitrogen functional groups attached to an aromatic ring is 1. The number of nitrogens with one attached hydrogen (secondary N) is 1. The number of ether oxygens (including phenoxy) is 1. The van der Waals surface area contributed by atoms with Gasteiger partial charge in [0.1, 0.15) is 11.6 Å². The van der Waals surface area contributed by atoms with E-state index in [1.54, 1.807) is 7.11 Å². The van der Waals surface area contributed by atoms with Crippen molar-refractivity contribution in [3.63, 3.8) is 0 Å². The van der Waals surface area contributed by atoms with Gasteiger partial charge in [0, 0.05) is 12.6 Å². The van der Waals surface area contributed by atoms with E-state index in [1.807, 2.05) is 24.3 Å². The van der Waals surface area contributed by atoms with Gasteiger partial charge in [0.15, 0.2) is 0 Å². The predicted octanol–water partition coefficient (Wildman–Crippen LogP) is 3.68. The fourth-order valence-corrected chi connectivity index (χ4v) is 1.87. The largest absolute Gasteiger partial charge is 0.497 e. The van der Waals surface area contributed by atoms with Gasteiger partial charge >= 0.3 is 0 Å². The number of hydrogen-bond donors (Lipinski definition) is 2. The fraction of sp³-hybridized carbons (Fsp3) is 0.143. The first-order valence-electron chi connectivity index (χ1n) is 5.71. The molecule has 3 nitrogen and oxygen atoms in total. The van der Waals surface area contributed by atoms with Gasteiger partial charge in [-0.1, -0.05) is 23.7 Å². The lowest BCUT2D eigenvalue weighted by atomic mass is 10.2. The summed E-state index contributed by atoms with van der Waals surface area (Å²) in [6, 6.07) is 10.3. The quantitative estimate of drug-likeness (QED) is 0.840. The Hall–Kier alpha value is -1.94. The monoisotopic (exact) mass is 280 g/mol. The minimum absolute atomic E-state index is 0.0180. The van der Waals surface area contributed by atoms with E-state index < -0.39 is 5.82 Å². The molecule has 0 amide bonds. The Balaban J connectivity index is 2.12. The summed E-state index contributed by atoms with van der Waals surface area (Å²) >= 11 is 5.64. The highest BCUT2D eigenvalue weighted by Gasteiger charge is 2.06. The van der Waals surface area contributed by atoms with Crippen LogP contribution in [0.1, 0.15) is 5.56 Å². The van der Waals surface area contributed by atoms with Crippen LogP contribution < -0.4 is 15.8 Å². The minimum atomic E-state index is -0.496. The summed E-state index contributed by atoms with van der Waals surface area (Å²) in [5, 5.41) is 3.09. The maximum Gasteiger partial charge on any atom is 0.143 e. The molecule has 0 bridgehead atoms. The van der Waals surface area contributed by atoms with Crippen LogP contribution in [0.15, 0.2) is 36.4 Å². The van der Waals surface area contributed by atoms with E-state index in [0.29, 0.717) is 17.9 Å². The molecule has 0 heterocycles. The van der Waals surface area contributed by atoms with Gasteiger partial charge in [0.25, 0.3) is 0 Å². The molecule has 0 radical (unpaired) electrons. The molecule has 5 heteroatoms. The van der Waals surface area contributed by atoms with Crippen molar-refractivity contribution in [2.45, 2.75) is 6.54 Å². The SMILES string of the molecule is COc1cccc(CNc2cc(F)c(Cl)cc2N)c1. The number of nitrogens with two attached hydrogens (primary N) is 1. The Morgan fingerprint density at radius 1 is 1.32 bits per heavy atom. The summed E-state index contributed by atoms with van der Waals surface area (Å²) in [6.07, 6.45) is 0. The van der Waals surface area contributed by atoms with Crippen molar-refractivity contribution in [3.8, 4) is 5.75 Å². The Morgan fingerprint density at radius 3 is 2.84 bits per heavy atom. The number of methoxy groups -OCH3 is 1. The van der Waals surface area contributed by atoms with Crippen LogP contribution in [0.2, 0.25) is 5.02 Å². The zero-order valence-electron chi connectivity index (χ0n) is 10.4. The summed E-state index contributed by atoms with van der Waals surface area (Å²) in [6.45, 7) is 0.516. The molecule has 0 atom stereocenters. The highest BCUT2D eigenvalue weighted by Crippen LogP contribution is 2.26. The Labute approximate surface area is 116 Å². The molecule has 0 aromatic heterocycles. The van der Waals surface area contributed by atoms with Crippen molar-refractivity contribution in [1.29, 1.82) is 0 Å². The summed E-state index contributed by atoms with van der Waals surface area (Å²) in [4.78, 5) is 0. The first kappa shape index (κ1) is 13.5. The van der Waals surface area contributed by atoms with Gasteiger partial charge in [-0.05, 0) is 23.8 Å². The first-order chi connectivity index (χ1) is 9.10. The molecular weight excluding hydrogens is 267 g/mol. The topological polar surface area (TPSA) is 47.3 Å². The number of benzene rings is 2. The molecule has 0 aliphatic heterocycles. The van der Waals surface area contributed by atoms with Gasteiger partial charge in [-0.25, -0.2) is 4.39 Å². The highest BCUT2D eigenvalue weighted by atomic mass is 35.5. The van der Waals surface area contributed by atoms with Crippen LogP contribution >= 0.6 is 11.6 Å². The van der Waals surface area contributed by atoms with Crippen molar-refractivity contribution in [2.24, 2.45) is 0 Å². The molecule has 0 saturated heterocycles. The molecule has 2 rings (SSSR count). The van der Waals surface area contributed by atoms with Crippen molar-refractivity contribution >= 4 is 23.0 Å². The van der Waals surface area contributed by atoms with Gasteiger partial charge in [-0.2, -0.15) is 0 Å². The predicted molar refractivity (Wildman–Crippen MR) is 76.1 cm³/mol. The Bertz CT molecular complexity index is 590. The molecule has 0 aliphatic rings. The van der Waals surface area contributed by atoms with Gasteiger partial charge in [0.05, 0.1) is 23.5 Å². The highest BCUT2D eigenvalue weighted by molar-refractivity contribution is 6.31. The lowest BCUT2D eigenvalue weighted by molar-refractivity contribution is 0.414. The second-order valence-electron chi connectivity index (χ2n) is 4.06. The van der Waals surface area contributed by atoms with Gasteiger partial charge in [0.2, 0.25) is 0 Å². The zero-order valence-corrected chi connectivity index (χ0v) is 11.2. The maximum absolute atomic E-state index is 13.4. The number of anilines is 2.